The maximum atomic E-state index is 3.78. The van der Waals surface area contributed by atoms with Crippen molar-refractivity contribution in [1.29, 1.82) is 0 Å². The first-order chi connectivity index (χ1) is 1.73. The van der Waals surface area contributed by atoms with Crippen molar-refractivity contribution in [2.45, 2.75) is 13.1 Å². The number of rotatable bonds is 0. The number of hydrogen-bond acceptors (Lipinski definition) is 0. The van der Waals surface area contributed by atoms with Gasteiger partial charge in [-0.3, -0.25) is 0 Å². The average molecular weight is 164 g/mol. The van der Waals surface area contributed by atoms with E-state index < -0.39 is 0 Å². The standard InChI is InChI=1S/C3H9Si.Zr/c1-4(2)3;/h4H,1H2,2-3H3;. The Bertz CT molecular complexity index is 11.6. The first-order valence-corrected chi connectivity index (χ1v) is 4.69. The summed E-state index contributed by atoms with van der Waals surface area (Å²) in [5.41, 5.74) is 0. The van der Waals surface area contributed by atoms with Gasteiger partial charge in [0, 0.05) is 35.0 Å². The Balaban J connectivity index is 0. The van der Waals surface area contributed by atoms with Gasteiger partial charge in [0.05, 0.1) is 0 Å². The molecule has 0 aromatic carbocycles. The van der Waals surface area contributed by atoms with E-state index in [1.807, 2.05) is 0 Å². The van der Waals surface area contributed by atoms with E-state index in [0.29, 0.717) is 0 Å². The maximum Gasteiger partial charge on any atom is 0.0302 e. The molecule has 29 valence electrons. The average Bonchev–Trinajstić information content (AvgIpc) is 0.811. The van der Waals surface area contributed by atoms with Crippen LogP contribution in [-0.4, -0.2) is 8.80 Å². The predicted octanol–water partition coefficient (Wildman–Crippen LogP) is 0.844. The summed E-state index contributed by atoms with van der Waals surface area (Å²) in [6.45, 7) is 8.17. The van der Waals surface area contributed by atoms with Crippen molar-refractivity contribution in [1.82, 2.24) is 0 Å². The van der Waals surface area contributed by atoms with Gasteiger partial charge in [0.2, 0.25) is 0 Å². The molecule has 0 atom stereocenters. The maximum absolute atomic E-state index is 3.78. The second kappa shape index (κ2) is 5.10. The van der Waals surface area contributed by atoms with Crippen LogP contribution in [0.25, 0.3) is 0 Å². The summed E-state index contributed by atoms with van der Waals surface area (Å²) in [6, 6.07) is 0. The van der Waals surface area contributed by atoms with E-state index in [4.69, 9.17) is 0 Å². The Labute approximate surface area is 54.7 Å². The summed E-state index contributed by atoms with van der Waals surface area (Å²) >= 11 is 0. The van der Waals surface area contributed by atoms with Gasteiger partial charge in [-0.15, -0.1) is 0 Å². The fourth-order valence-electron chi connectivity index (χ4n) is 0. The van der Waals surface area contributed by atoms with Gasteiger partial charge < -0.3 is 0 Å². The summed E-state index contributed by atoms with van der Waals surface area (Å²) < 4.78 is 0. The molecule has 0 spiro atoms. The number of hydrogen-bond donors (Lipinski definition) is 0. The van der Waals surface area contributed by atoms with Crippen LogP contribution in [0.3, 0.4) is 0 Å². The Morgan fingerprint density at radius 1 is 1.40 bits per heavy atom. The molecular weight excluding hydrogens is 155 g/mol. The van der Waals surface area contributed by atoms with Gasteiger partial charge in [-0.1, -0.05) is 19.6 Å². The van der Waals surface area contributed by atoms with Crippen LogP contribution < -0.4 is 0 Å². The van der Waals surface area contributed by atoms with E-state index in [1.54, 1.807) is 0 Å². The van der Waals surface area contributed by atoms with Crippen LogP contribution in [0.15, 0.2) is 0 Å². The second-order valence-electron chi connectivity index (χ2n) is 1.39. The molecule has 0 fully saturated rings. The van der Waals surface area contributed by atoms with Crippen LogP contribution in [0.2, 0.25) is 13.1 Å². The van der Waals surface area contributed by atoms with Crippen molar-refractivity contribution < 1.29 is 26.2 Å². The van der Waals surface area contributed by atoms with Crippen molar-refractivity contribution in [3.63, 3.8) is 0 Å². The smallest absolute Gasteiger partial charge is 0.0302 e. The van der Waals surface area contributed by atoms with Crippen LogP contribution in [0.4, 0.5) is 0 Å². The quantitative estimate of drug-likeness (QED) is 0.466. The molecule has 0 aliphatic heterocycles. The molecule has 2 heteroatoms. The Morgan fingerprint density at radius 3 is 1.40 bits per heavy atom. The van der Waals surface area contributed by atoms with E-state index in [-0.39, 0.29) is 35.0 Å². The molecule has 0 aliphatic rings. The normalized spacial score (nSPS) is 7.20. The summed E-state index contributed by atoms with van der Waals surface area (Å²) in [6.07, 6.45) is 0. The molecule has 0 saturated carbocycles. The summed E-state index contributed by atoms with van der Waals surface area (Å²) in [7, 11) is -0.389. The predicted molar refractivity (Wildman–Crippen MR) is 24.2 cm³/mol. The zero-order valence-electron chi connectivity index (χ0n) is 3.78. The fraction of sp³-hybridized carbons (Fsp3) is 0.667. The van der Waals surface area contributed by atoms with Crippen molar-refractivity contribution in [2.24, 2.45) is 0 Å². The van der Waals surface area contributed by atoms with E-state index in [2.05, 4.69) is 19.6 Å². The molecule has 0 nitrogen and oxygen atoms in total. The third-order valence-electron chi connectivity index (χ3n) is 0. The van der Waals surface area contributed by atoms with Crippen molar-refractivity contribution in [3.05, 3.63) is 6.55 Å². The molecule has 5 heavy (non-hydrogen) atoms. The third kappa shape index (κ3) is 40.5. The van der Waals surface area contributed by atoms with E-state index in [1.165, 1.54) is 0 Å². The molecule has 0 rings (SSSR count). The SMILES string of the molecule is [CH2][SiH](C)C.[Zr]. The largest absolute Gasteiger partial charge is 0.0722 e. The van der Waals surface area contributed by atoms with Crippen molar-refractivity contribution in [2.75, 3.05) is 0 Å². The van der Waals surface area contributed by atoms with Crippen molar-refractivity contribution in [3.8, 4) is 0 Å². The third-order valence-corrected chi connectivity index (χ3v) is 0. The summed E-state index contributed by atoms with van der Waals surface area (Å²) in [4.78, 5) is 0. The van der Waals surface area contributed by atoms with E-state index >= 15 is 0 Å². The molecule has 0 aliphatic carbocycles. The van der Waals surface area contributed by atoms with Crippen LogP contribution in [0.5, 0.6) is 0 Å². The molecular formula is C3H9SiZr. The topological polar surface area (TPSA) is 0 Å². The van der Waals surface area contributed by atoms with Crippen LogP contribution in [-0.2, 0) is 26.2 Å². The summed E-state index contributed by atoms with van der Waals surface area (Å²) in [5, 5.41) is 0. The van der Waals surface area contributed by atoms with Crippen LogP contribution >= 0.6 is 0 Å². The molecule has 0 unspecified atom stereocenters. The molecule has 0 amide bonds. The van der Waals surface area contributed by atoms with Crippen LogP contribution in [0, 0.1) is 6.55 Å². The molecule has 0 saturated heterocycles. The Hall–Kier alpha value is 1.10. The first-order valence-electron chi connectivity index (χ1n) is 1.56. The van der Waals surface area contributed by atoms with E-state index in [9.17, 15) is 0 Å². The van der Waals surface area contributed by atoms with Gasteiger partial charge in [-0.2, -0.15) is 0 Å². The molecule has 0 bridgehead atoms. The molecule has 0 N–H and O–H groups in total. The minimum Gasteiger partial charge on any atom is -0.0722 e. The fourth-order valence-corrected chi connectivity index (χ4v) is 0. The molecule has 0 heterocycles. The van der Waals surface area contributed by atoms with Gasteiger partial charge in [0.1, 0.15) is 0 Å². The van der Waals surface area contributed by atoms with Gasteiger partial charge in [-0.25, -0.2) is 0 Å². The Morgan fingerprint density at radius 2 is 1.40 bits per heavy atom. The molecule has 0 aromatic rings. The van der Waals surface area contributed by atoms with Gasteiger partial charge in [0.25, 0.3) is 0 Å². The first kappa shape index (κ1) is 9.44. The molecule has 0 aromatic heterocycles. The second-order valence-corrected chi connectivity index (χ2v) is 4.18. The minimum absolute atomic E-state index is 0. The van der Waals surface area contributed by atoms with Gasteiger partial charge >= 0.3 is 0 Å². The van der Waals surface area contributed by atoms with Crippen molar-refractivity contribution >= 4 is 8.80 Å². The van der Waals surface area contributed by atoms with Gasteiger partial charge in [-0.05, 0) is 0 Å². The monoisotopic (exact) mass is 163 g/mol. The van der Waals surface area contributed by atoms with E-state index in [0.717, 1.165) is 0 Å². The molecule has 1 radical (unpaired) electrons. The zero-order chi connectivity index (χ0) is 3.58. The van der Waals surface area contributed by atoms with Gasteiger partial charge in [0.15, 0.2) is 0 Å². The minimum atomic E-state index is -0.389. The Kier molecular flexibility index (Phi) is 9.63. The zero-order valence-corrected chi connectivity index (χ0v) is 7.40. The van der Waals surface area contributed by atoms with Crippen LogP contribution in [0.1, 0.15) is 0 Å². The summed E-state index contributed by atoms with van der Waals surface area (Å²) in [5.74, 6) is 0.